The van der Waals surface area contributed by atoms with Gasteiger partial charge < -0.3 is 0 Å². The van der Waals surface area contributed by atoms with E-state index in [9.17, 15) is 0 Å². The highest BCUT2D eigenvalue weighted by Gasteiger charge is 1.85. The summed E-state index contributed by atoms with van der Waals surface area (Å²) in [4.78, 5) is 0. The van der Waals surface area contributed by atoms with Crippen LogP contribution in [-0.4, -0.2) is 0 Å². The Labute approximate surface area is 91.4 Å². The molecule has 14 heavy (non-hydrogen) atoms. The summed E-state index contributed by atoms with van der Waals surface area (Å²) in [7, 11) is 0. The van der Waals surface area contributed by atoms with E-state index in [0.29, 0.717) is 0 Å². The van der Waals surface area contributed by atoms with Gasteiger partial charge in [-0.1, -0.05) is 64.5 Å². The second-order valence-electron chi connectivity index (χ2n) is 2.76. The Hall–Kier alpha value is -0.780. The molecule has 0 aliphatic carbocycles. The largest absolute Gasteiger partial charge is 0.0991 e. The van der Waals surface area contributed by atoms with Crippen LogP contribution >= 0.6 is 0 Å². The van der Waals surface area contributed by atoms with E-state index in [-0.39, 0.29) is 0 Å². The van der Waals surface area contributed by atoms with Gasteiger partial charge >= 0.3 is 0 Å². The lowest BCUT2D eigenvalue weighted by molar-refractivity contribution is 1.09. The lowest BCUT2D eigenvalue weighted by Gasteiger charge is -1.95. The summed E-state index contributed by atoms with van der Waals surface area (Å²) in [5.41, 5.74) is 2.60. The van der Waals surface area contributed by atoms with Gasteiger partial charge in [-0.2, -0.15) is 0 Å². The van der Waals surface area contributed by atoms with E-state index in [1.807, 2.05) is 32.9 Å². The number of hydrogen-bond donors (Lipinski definition) is 0. The van der Waals surface area contributed by atoms with Crippen LogP contribution in [0.2, 0.25) is 0 Å². The maximum absolute atomic E-state index is 3.61. The van der Waals surface area contributed by atoms with Crippen molar-refractivity contribution in [1.29, 1.82) is 0 Å². The Kier molecular flexibility index (Phi) is 24.4. The summed E-state index contributed by atoms with van der Waals surface area (Å²) < 4.78 is 0. The van der Waals surface area contributed by atoms with Crippen molar-refractivity contribution in [2.24, 2.45) is 0 Å². The van der Waals surface area contributed by atoms with E-state index < -0.39 is 0 Å². The van der Waals surface area contributed by atoms with Gasteiger partial charge in [0.25, 0.3) is 0 Å². The highest BCUT2D eigenvalue weighted by atomic mass is 13.9. The molecule has 0 rings (SSSR count). The Bertz CT molecular complexity index is 159. The minimum absolute atomic E-state index is 1.25. The third-order valence-electron chi connectivity index (χ3n) is 1.42. The molecule has 0 saturated heterocycles. The van der Waals surface area contributed by atoms with E-state index in [1.165, 1.54) is 17.6 Å². The van der Waals surface area contributed by atoms with Crippen LogP contribution in [0.4, 0.5) is 0 Å². The zero-order chi connectivity index (χ0) is 12.0. The monoisotopic (exact) mass is 196 g/mol. The third kappa shape index (κ3) is 17.3. The molecule has 0 nitrogen and oxygen atoms in total. The standard InChI is InChI=1S/C9H14.C3H8.C2H6/c1-5-7-9(4)8(3)6-2;1-3-2;1-2/h5-7H,1H2,2-4H3;3H2,1-2H3;1-2H3/b8-6+,9-7+;;. The van der Waals surface area contributed by atoms with Crippen LogP contribution < -0.4 is 0 Å². The molecular formula is C14H28. The van der Waals surface area contributed by atoms with Crippen LogP contribution in [0.3, 0.4) is 0 Å². The molecule has 0 aromatic carbocycles. The lowest BCUT2D eigenvalue weighted by atomic mass is 10.1. The van der Waals surface area contributed by atoms with Gasteiger partial charge in [0.1, 0.15) is 0 Å². The zero-order valence-corrected chi connectivity index (χ0v) is 11.1. The van der Waals surface area contributed by atoms with Crippen molar-refractivity contribution < 1.29 is 0 Å². The van der Waals surface area contributed by atoms with Crippen molar-refractivity contribution >= 4 is 0 Å². The minimum atomic E-state index is 1.25. The fourth-order valence-electron chi connectivity index (χ4n) is 0.536. The molecule has 0 heterocycles. The van der Waals surface area contributed by atoms with Crippen LogP contribution in [0.15, 0.2) is 36.0 Å². The molecule has 0 atom stereocenters. The van der Waals surface area contributed by atoms with Gasteiger partial charge in [0, 0.05) is 0 Å². The average molecular weight is 196 g/mol. The summed E-state index contributed by atoms with van der Waals surface area (Å²) in [5, 5.41) is 0. The van der Waals surface area contributed by atoms with Crippen LogP contribution in [0.5, 0.6) is 0 Å². The van der Waals surface area contributed by atoms with Crippen molar-refractivity contribution in [2.75, 3.05) is 0 Å². The fourth-order valence-corrected chi connectivity index (χ4v) is 0.536. The van der Waals surface area contributed by atoms with Gasteiger partial charge in [-0.3, -0.25) is 0 Å². The van der Waals surface area contributed by atoms with Crippen molar-refractivity contribution in [2.45, 2.75) is 54.9 Å². The highest BCUT2D eigenvalue weighted by molar-refractivity contribution is 5.28. The Balaban J connectivity index is -0.000000205. The van der Waals surface area contributed by atoms with Crippen LogP contribution in [0.1, 0.15) is 54.9 Å². The number of rotatable bonds is 2. The van der Waals surface area contributed by atoms with E-state index in [1.54, 1.807) is 0 Å². The topological polar surface area (TPSA) is 0 Å². The average Bonchev–Trinajstić information content (AvgIpc) is 2.21. The van der Waals surface area contributed by atoms with E-state index in [4.69, 9.17) is 0 Å². The first-order valence-corrected chi connectivity index (χ1v) is 5.56. The number of allylic oxidation sites excluding steroid dienone is 5. The SMILES string of the molecule is C=C/C=C(C)/C(C)=C/C.CC.CCC. The molecule has 0 radical (unpaired) electrons. The summed E-state index contributed by atoms with van der Waals surface area (Å²) >= 11 is 0. The van der Waals surface area contributed by atoms with Crippen LogP contribution in [-0.2, 0) is 0 Å². The van der Waals surface area contributed by atoms with Gasteiger partial charge in [0.2, 0.25) is 0 Å². The van der Waals surface area contributed by atoms with Gasteiger partial charge in [0.05, 0.1) is 0 Å². The Morgan fingerprint density at radius 1 is 1.07 bits per heavy atom. The quantitative estimate of drug-likeness (QED) is 0.510. The molecule has 84 valence electrons. The van der Waals surface area contributed by atoms with Crippen LogP contribution in [0.25, 0.3) is 0 Å². The normalized spacial score (nSPS) is 10.5. The molecule has 0 aromatic rings. The molecule has 0 spiro atoms. The first-order chi connectivity index (χ1) is 6.63. The third-order valence-corrected chi connectivity index (χ3v) is 1.42. The lowest BCUT2D eigenvalue weighted by Crippen LogP contribution is -1.75. The van der Waals surface area contributed by atoms with Gasteiger partial charge in [-0.05, 0) is 26.3 Å². The maximum atomic E-state index is 3.61. The molecule has 0 heteroatoms. The summed E-state index contributed by atoms with van der Waals surface area (Å²) in [5.74, 6) is 0. The van der Waals surface area contributed by atoms with Gasteiger partial charge in [0.15, 0.2) is 0 Å². The molecule has 0 saturated carbocycles. The Morgan fingerprint density at radius 3 is 1.64 bits per heavy atom. The van der Waals surface area contributed by atoms with Gasteiger partial charge in [-0.15, -0.1) is 0 Å². The molecule has 0 amide bonds. The van der Waals surface area contributed by atoms with Crippen molar-refractivity contribution in [3.8, 4) is 0 Å². The summed E-state index contributed by atoms with van der Waals surface area (Å²) in [6.07, 6.45) is 7.16. The first kappa shape index (κ1) is 18.9. The fraction of sp³-hybridized carbons (Fsp3) is 0.571. The first-order valence-electron chi connectivity index (χ1n) is 5.56. The summed E-state index contributed by atoms with van der Waals surface area (Å²) in [6.45, 7) is 18.1. The molecule has 0 aliphatic heterocycles. The zero-order valence-electron chi connectivity index (χ0n) is 11.1. The highest BCUT2D eigenvalue weighted by Crippen LogP contribution is 2.06. The molecule has 0 aromatic heterocycles. The van der Waals surface area contributed by atoms with Gasteiger partial charge in [-0.25, -0.2) is 0 Å². The second kappa shape index (κ2) is 18.1. The summed E-state index contributed by atoms with van der Waals surface area (Å²) in [6, 6.07) is 0. The smallest absolute Gasteiger partial charge is 0.0395 e. The molecule has 0 N–H and O–H groups in total. The predicted molar refractivity (Wildman–Crippen MR) is 70.7 cm³/mol. The van der Waals surface area contributed by atoms with E-state index in [0.717, 1.165) is 0 Å². The molecular weight excluding hydrogens is 168 g/mol. The number of hydrogen-bond acceptors (Lipinski definition) is 0. The molecule has 0 bridgehead atoms. The minimum Gasteiger partial charge on any atom is -0.0991 e. The molecule has 0 unspecified atom stereocenters. The van der Waals surface area contributed by atoms with E-state index in [2.05, 4.69) is 40.3 Å². The van der Waals surface area contributed by atoms with E-state index >= 15 is 0 Å². The van der Waals surface area contributed by atoms with Crippen molar-refractivity contribution in [3.63, 3.8) is 0 Å². The maximum Gasteiger partial charge on any atom is -0.0395 e. The van der Waals surface area contributed by atoms with Crippen molar-refractivity contribution in [1.82, 2.24) is 0 Å². The van der Waals surface area contributed by atoms with Crippen LogP contribution in [0, 0.1) is 0 Å². The molecule has 0 fully saturated rings. The predicted octanol–water partition coefficient (Wildman–Crippen LogP) is 5.53. The Morgan fingerprint density at radius 2 is 1.43 bits per heavy atom. The van der Waals surface area contributed by atoms with Crippen molar-refractivity contribution in [3.05, 3.63) is 36.0 Å². The second-order valence-corrected chi connectivity index (χ2v) is 2.76. The molecule has 0 aliphatic rings.